The second kappa shape index (κ2) is 5.95. The number of hydrogen-bond donors (Lipinski definition) is 2. The molecule has 0 aromatic heterocycles. The molecule has 0 heterocycles. The highest BCUT2D eigenvalue weighted by Crippen LogP contribution is 2.24. The Kier molecular flexibility index (Phi) is 4.47. The molecule has 0 unspecified atom stereocenters. The van der Waals surface area contributed by atoms with Crippen LogP contribution < -0.4 is 10.5 Å². The molecule has 6 heteroatoms. The number of hydrogen-bond acceptors (Lipinski definition) is 3. The van der Waals surface area contributed by atoms with Crippen molar-refractivity contribution in [3.05, 3.63) is 58.1 Å². The first-order chi connectivity index (χ1) is 9.44. The summed E-state index contributed by atoms with van der Waals surface area (Å²) < 4.78 is 28.2. The van der Waals surface area contributed by atoms with Gasteiger partial charge in [-0.15, -0.1) is 0 Å². The highest BCUT2D eigenvalue weighted by atomic mass is 79.9. The summed E-state index contributed by atoms with van der Waals surface area (Å²) in [6, 6.07) is 12.0. The van der Waals surface area contributed by atoms with E-state index in [1.165, 1.54) is 0 Å². The molecule has 2 aromatic carbocycles. The Hall–Kier alpha value is -1.37. The van der Waals surface area contributed by atoms with E-state index in [2.05, 4.69) is 20.7 Å². The molecule has 0 spiro atoms. The average Bonchev–Trinajstić information content (AvgIpc) is 2.42. The third-order valence-electron chi connectivity index (χ3n) is 2.91. The molecule has 20 heavy (non-hydrogen) atoms. The van der Waals surface area contributed by atoms with Crippen LogP contribution in [0.4, 0.5) is 5.69 Å². The number of sulfonamides is 1. The Morgan fingerprint density at radius 1 is 1.20 bits per heavy atom. The predicted octanol–water partition coefficient (Wildman–Crippen LogP) is 3.02. The van der Waals surface area contributed by atoms with Crippen LogP contribution in [0.1, 0.15) is 11.1 Å². The van der Waals surface area contributed by atoms with Crippen molar-refractivity contribution in [1.29, 1.82) is 0 Å². The zero-order chi connectivity index (χ0) is 14.8. The van der Waals surface area contributed by atoms with Gasteiger partial charge in [0.15, 0.2) is 0 Å². The first kappa shape index (κ1) is 15.0. The van der Waals surface area contributed by atoms with E-state index in [-0.39, 0.29) is 11.4 Å². The lowest BCUT2D eigenvalue weighted by Gasteiger charge is -2.12. The van der Waals surface area contributed by atoms with Crippen LogP contribution in [0.15, 0.2) is 51.8 Å². The van der Waals surface area contributed by atoms with Gasteiger partial charge in [0, 0.05) is 16.7 Å². The van der Waals surface area contributed by atoms with Crippen molar-refractivity contribution in [3.8, 4) is 0 Å². The lowest BCUT2D eigenvalue weighted by Crippen LogP contribution is -2.16. The smallest absolute Gasteiger partial charge is 0.262 e. The Morgan fingerprint density at radius 3 is 2.55 bits per heavy atom. The summed E-state index contributed by atoms with van der Waals surface area (Å²) in [5.41, 5.74) is 7.72. The van der Waals surface area contributed by atoms with E-state index in [9.17, 15) is 8.42 Å². The fourth-order valence-corrected chi connectivity index (χ4v) is 3.48. The molecule has 2 rings (SSSR count). The minimum atomic E-state index is -3.64. The van der Waals surface area contributed by atoms with Gasteiger partial charge in [-0.3, -0.25) is 4.72 Å². The Balaban J connectivity index is 2.38. The average molecular weight is 355 g/mol. The first-order valence-electron chi connectivity index (χ1n) is 6.01. The maximum atomic E-state index is 12.4. The van der Waals surface area contributed by atoms with E-state index in [4.69, 9.17) is 5.73 Å². The quantitative estimate of drug-likeness (QED) is 0.886. The SMILES string of the molecule is Cc1ccc(NS(=O)(=O)c2ccccc2CN)cc1Br. The maximum Gasteiger partial charge on any atom is 0.262 e. The monoisotopic (exact) mass is 354 g/mol. The lowest BCUT2D eigenvalue weighted by molar-refractivity contribution is 0.600. The lowest BCUT2D eigenvalue weighted by atomic mass is 10.2. The highest BCUT2D eigenvalue weighted by molar-refractivity contribution is 9.10. The summed E-state index contributed by atoms with van der Waals surface area (Å²) >= 11 is 3.38. The number of rotatable bonds is 4. The van der Waals surface area contributed by atoms with Crippen LogP contribution in [0.2, 0.25) is 0 Å². The number of anilines is 1. The molecule has 106 valence electrons. The minimum Gasteiger partial charge on any atom is -0.326 e. The van der Waals surface area contributed by atoms with Crippen molar-refractivity contribution in [2.75, 3.05) is 4.72 Å². The molecular formula is C14H15BrN2O2S. The van der Waals surface area contributed by atoms with Gasteiger partial charge in [0.05, 0.1) is 4.90 Å². The van der Waals surface area contributed by atoms with Gasteiger partial charge in [-0.2, -0.15) is 0 Å². The van der Waals surface area contributed by atoms with Gasteiger partial charge in [-0.1, -0.05) is 40.2 Å². The van der Waals surface area contributed by atoms with Crippen LogP contribution in [-0.4, -0.2) is 8.42 Å². The highest BCUT2D eigenvalue weighted by Gasteiger charge is 2.17. The molecule has 0 saturated carbocycles. The maximum absolute atomic E-state index is 12.4. The van der Waals surface area contributed by atoms with Crippen molar-refractivity contribution < 1.29 is 8.42 Å². The molecule has 0 fully saturated rings. The molecule has 0 aliphatic heterocycles. The van der Waals surface area contributed by atoms with Crippen molar-refractivity contribution >= 4 is 31.6 Å². The van der Waals surface area contributed by atoms with Crippen LogP contribution in [0, 0.1) is 6.92 Å². The second-order valence-electron chi connectivity index (χ2n) is 4.38. The summed E-state index contributed by atoms with van der Waals surface area (Å²) in [5.74, 6) is 0. The summed E-state index contributed by atoms with van der Waals surface area (Å²) in [4.78, 5) is 0.208. The van der Waals surface area contributed by atoms with Crippen molar-refractivity contribution in [2.45, 2.75) is 18.4 Å². The van der Waals surface area contributed by atoms with E-state index in [1.807, 2.05) is 13.0 Å². The Morgan fingerprint density at radius 2 is 1.90 bits per heavy atom. The molecule has 0 saturated heterocycles. The summed E-state index contributed by atoms with van der Waals surface area (Å²) in [6.45, 7) is 2.11. The summed E-state index contributed by atoms with van der Waals surface area (Å²) in [6.07, 6.45) is 0. The zero-order valence-electron chi connectivity index (χ0n) is 10.9. The van der Waals surface area contributed by atoms with Gasteiger partial charge in [-0.05, 0) is 36.2 Å². The van der Waals surface area contributed by atoms with Crippen molar-refractivity contribution in [1.82, 2.24) is 0 Å². The van der Waals surface area contributed by atoms with Crippen LogP contribution in [-0.2, 0) is 16.6 Å². The largest absolute Gasteiger partial charge is 0.326 e. The van der Waals surface area contributed by atoms with Gasteiger partial charge in [0.1, 0.15) is 0 Å². The van der Waals surface area contributed by atoms with E-state index in [0.29, 0.717) is 11.3 Å². The third kappa shape index (κ3) is 3.20. The fourth-order valence-electron chi connectivity index (χ4n) is 1.80. The molecule has 0 amide bonds. The van der Waals surface area contributed by atoms with Crippen LogP contribution in [0.5, 0.6) is 0 Å². The Labute approximate surface area is 127 Å². The number of nitrogens with one attached hydrogen (secondary N) is 1. The molecular weight excluding hydrogens is 340 g/mol. The van der Waals surface area contributed by atoms with Gasteiger partial charge >= 0.3 is 0 Å². The molecule has 0 aliphatic rings. The van der Waals surface area contributed by atoms with Gasteiger partial charge < -0.3 is 5.73 Å². The molecule has 3 N–H and O–H groups in total. The van der Waals surface area contributed by atoms with Gasteiger partial charge in [0.25, 0.3) is 10.0 Å². The van der Waals surface area contributed by atoms with E-state index < -0.39 is 10.0 Å². The molecule has 0 radical (unpaired) electrons. The van der Waals surface area contributed by atoms with E-state index >= 15 is 0 Å². The number of nitrogens with two attached hydrogens (primary N) is 1. The van der Waals surface area contributed by atoms with Crippen molar-refractivity contribution in [2.24, 2.45) is 5.73 Å². The summed E-state index contributed by atoms with van der Waals surface area (Å²) in [7, 11) is -3.64. The molecule has 2 aromatic rings. The molecule has 4 nitrogen and oxygen atoms in total. The fraction of sp³-hybridized carbons (Fsp3) is 0.143. The normalized spacial score (nSPS) is 11.3. The van der Waals surface area contributed by atoms with Gasteiger partial charge in [-0.25, -0.2) is 8.42 Å². The van der Waals surface area contributed by atoms with Crippen molar-refractivity contribution in [3.63, 3.8) is 0 Å². The van der Waals surface area contributed by atoms with Crippen LogP contribution >= 0.6 is 15.9 Å². The Bertz CT molecular complexity index is 730. The third-order valence-corrected chi connectivity index (χ3v) is 5.24. The number of halogens is 1. The van der Waals surface area contributed by atoms with Crippen LogP contribution in [0.3, 0.4) is 0 Å². The molecule has 0 atom stereocenters. The molecule has 0 aliphatic carbocycles. The predicted molar refractivity (Wildman–Crippen MR) is 84.0 cm³/mol. The van der Waals surface area contributed by atoms with E-state index in [0.717, 1.165) is 10.0 Å². The summed E-state index contributed by atoms with van der Waals surface area (Å²) in [5, 5.41) is 0. The first-order valence-corrected chi connectivity index (χ1v) is 8.28. The van der Waals surface area contributed by atoms with E-state index in [1.54, 1.807) is 36.4 Å². The number of aryl methyl sites for hydroxylation is 1. The number of benzene rings is 2. The second-order valence-corrected chi connectivity index (χ2v) is 6.89. The topological polar surface area (TPSA) is 72.2 Å². The van der Waals surface area contributed by atoms with Crippen LogP contribution in [0.25, 0.3) is 0 Å². The zero-order valence-corrected chi connectivity index (χ0v) is 13.3. The molecule has 0 bridgehead atoms. The minimum absolute atomic E-state index is 0.175. The standard InChI is InChI=1S/C14H15BrN2O2S/c1-10-6-7-12(8-13(10)15)17-20(18,19)14-5-3-2-4-11(14)9-16/h2-8,17H,9,16H2,1H3. The van der Waals surface area contributed by atoms with Gasteiger partial charge in [0.2, 0.25) is 0 Å².